The van der Waals surface area contributed by atoms with Gasteiger partial charge in [0, 0.05) is 6.07 Å². The molecule has 0 aliphatic heterocycles. The molecule has 0 aliphatic rings. The SMILES string of the molecule is Cc1cc(-c2nnc(C(=O)O)o2)c(F)cc1F. The molecule has 0 bridgehead atoms. The van der Waals surface area contributed by atoms with Crippen LogP contribution >= 0.6 is 0 Å². The van der Waals surface area contributed by atoms with Crippen LogP contribution in [0.4, 0.5) is 8.78 Å². The zero-order valence-corrected chi connectivity index (χ0v) is 8.57. The fourth-order valence-corrected chi connectivity index (χ4v) is 1.24. The van der Waals surface area contributed by atoms with Gasteiger partial charge in [0.25, 0.3) is 5.89 Å². The van der Waals surface area contributed by atoms with Crippen LogP contribution in [0.2, 0.25) is 0 Å². The predicted molar refractivity (Wildman–Crippen MR) is 51.3 cm³/mol. The normalized spacial score (nSPS) is 10.5. The van der Waals surface area contributed by atoms with Gasteiger partial charge in [-0.2, -0.15) is 0 Å². The Kier molecular flexibility index (Phi) is 2.58. The first-order valence-electron chi connectivity index (χ1n) is 4.52. The lowest BCUT2D eigenvalue weighted by Crippen LogP contribution is -1.95. The Morgan fingerprint density at radius 2 is 2.00 bits per heavy atom. The van der Waals surface area contributed by atoms with Crippen molar-refractivity contribution in [1.29, 1.82) is 0 Å². The van der Waals surface area contributed by atoms with E-state index < -0.39 is 23.5 Å². The van der Waals surface area contributed by atoms with Crippen molar-refractivity contribution in [2.75, 3.05) is 0 Å². The minimum Gasteiger partial charge on any atom is -0.474 e. The van der Waals surface area contributed by atoms with E-state index in [2.05, 4.69) is 10.2 Å². The van der Waals surface area contributed by atoms with E-state index in [4.69, 9.17) is 9.52 Å². The number of carboxylic acids is 1. The third kappa shape index (κ3) is 1.99. The van der Waals surface area contributed by atoms with Gasteiger partial charge < -0.3 is 9.52 Å². The summed E-state index contributed by atoms with van der Waals surface area (Å²) in [5, 5.41) is 15.2. The second-order valence-corrected chi connectivity index (χ2v) is 3.30. The first-order chi connectivity index (χ1) is 7.99. The van der Waals surface area contributed by atoms with Crippen molar-refractivity contribution in [2.24, 2.45) is 0 Å². The molecule has 0 unspecified atom stereocenters. The monoisotopic (exact) mass is 240 g/mol. The van der Waals surface area contributed by atoms with Crippen molar-refractivity contribution in [1.82, 2.24) is 10.2 Å². The maximum absolute atomic E-state index is 13.4. The largest absolute Gasteiger partial charge is 0.474 e. The zero-order valence-electron chi connectivity index (χ0n) is 8.57. The summed E-state index contributed by atoms with van der Waals surface area (Å²) < 4.78 is 31.1. The van der Waals surface area contributed by atoms with Crippen LogP contribution in [0.25, 0.3) is 11.5 Å². The van der Waals surface area contributed by atoms with Gasteiger partial charge in [-0.05, 0) is 18.6 Å². The number of hydrogen-bond acceptors (Lipinski definition) is 4. The topological polar surface area (TPSA) is 76.2 Å². The third-order valence-electron chi connectivity index (χ3n) is 2.09. The molecule has 17 heavy (non-hydrogen) atoms. The molecule has 1 aromatic heterocycles. The summed E-state index contributed by atoms with van der Waals surface area (Å²) in [5.41, 5.74) is 0.0559. The van der Waals surface area contributed by atoms with Gasteiger partial charge in [-0.25, -0.2) is 13.6 Å². The number of benzene rings is 1. The maximum Gasteiger partial charge on any atom is 0.393 e. The van der Waals surface area contributed by atoms with E-state index in [9.17, 15) is 13.6 Å². The van der Waals surface area contributed by atoms with E-state index in [-0.39, 0.29) is 17.0 Å². The van der Waals surface area contributed by atoms with Crippen LogP contribution in [-0.4, -0.2) is 21.3 Å². The summed E-state index contributed by atoms with van der Waals surface area (Å²) in [4.78, 5) is 10.5. The molecular formula is C10H6F2N2O3. The number of aryl methyl sites for hydroxylation is 1. The summed E-state index contributed by atoms with van der Waals surface area (Å²) in [6.07, 6.45) is 0. The molecule has 0 radical (unpaired) electrons. The first kappa shape index (κ1) is 11.2. The van der Waals surface area contributed by atoms with Crippen molar-refractivity contribution in [3.05, 3.63) is 35.2 Å². The molecule has 0 saturated carbocycles. The van der Waals surface area contributed by atoms with E-state index in [1.807, 2.05) is 0 Å². The molecule has 2 rings (SSSR count). The van der Waals surface area contributed by atoms with Gasteiger partial charge in [0.2, 0.25) is 0 Å². The van der Waals surface area contributed by atoms with Gasteiger partial charge in [-0.15, -0.1) is 10.2 Å². The highest BCUT2D eigenvalue weighted by atomic mass is 19.1. The third-order valence-corrected chi connectivity index (χ3v) is 2.09. The van der Waals surface area contributed by atoms with Crippen molar-refractivity contribution >= 4 is 5.97 Å². The molecule has 2 aromatic rings. The Hall–Kier alpha value is -2.31. The number of hydrogen-bond donors (Lipinski definition) is 1. The highest BCUT2D eigenvalue weighted by molar-refractivity contribution is 5.82. The highest BCUT2D eigenvalue weighted by Gasteiger charge is 2.18. The molecule has 0 saturated heterocycles. The summed E-state index contributed by atoms with van der Waals surface area (Å²) in [6, 6.07) is 1.85. The predicted octanol–water partition coefficient (Wildman–Crippen LogP) is 2.02. The Balaban J connectivity index is 2.52. The fraction of sp³-hybridized carbons (Fsp3) is 0.100. The number of carboxylic acid groups (broad SMARTS) is 1. The van der Waals surface area contributed by atoms with Gasteiger partial charge in [0.1, 0.15) is 11.6 Å². The van der Waals surface area contributed by atoms with Crippen molar-refractivity contribution < 1.29 is 23.1 Å². The molecule has 1 N–H and O–H groups in total. The van der Waals surface area contributed by atoms with E-state index >= 15 is 0 Å². The van der Waals surface area contributed by atoms with Crippen LogP contribution in [0.5, 0.6) is 0 Å². The quantitative estimate of drug-likeness (QED) is 0.868. The second kappa shape index (κ2) is 3.93. The van der Waals surface area contributed by atoms with Crippen LogP contribution in [0, 0.1) is 18.6 Å². The minimum absolute atomic E-state index is 0.135. The summed E-state index contributed by atoms with van der Waals surface area (Å²) in [6.45, 7) is 1.44. The summed E-state index contributed by atoms with van der Waals surface area (Å²) in [5.74, 6) is -3.97. The van der Waals surface area contributed by atoms with Gasteiger partial charge in [-0.1, -0.05) is 0 Å². The van der Waals surface area contributed by atoms with Crippen LogP contribution in [-0.2, 0) is 0 Å². The Bertz CT molecular complexity index is 595. The Labute approximate surface area is 93.7 Å². The van der Waals surface area contributed by atoms with Gasteiger partial charge in [0.05, 0.1) is 5.56 Å². The average Bonchev–Trinajstić information content (AvgIpc) is 2.72. The Morgan fingerprint density at radius 1 is 1.29 bits per heavy atom. The lowest BCUT2D eigenvalue weighted by Gasteiger charge is -2.00. The summed E-state index contributed by atoms with van der Waals surface area (Å²) >= 11 is 0. The molecule has 0 atom stereocenters. The molecular weight excluding hydrogens is 234 g/mol. The summed E-state index contributed by atoms with van der Waals surface area (Å²) in [7, 11) is 0. The zero-order chi connectivity index (χ0) is 12.6. The molecule has 0 amide bonds. The van der Waals surface area contributed by atoms with Gasteiger partial charge in [-0.3, -0.25) is 0 Å². The van der Waals surface area contributed by atoms with Gasteiger partial charge in [0.15, 0.2) is 0 Å². The van der Waals surface area contributed by atoms with E-state index in [1.54, 1.807) is 0 Å². The van der Waals surface area contributed by atoms with Crippen LogP contribution in [0.15, 0.2) is 16.5 Å². The molecule has 0 fully saturated rings. The molecule has 1 heterocycles. The minimum atomic E-state index is -1.41. The standard InChI is InChI=1S/C10H6F2N2O3/c1-4-2-5(7(12)3-6(4)11)8-13-14-9(17-8)10(15)16/h2-3H,1H3,(H,15,16). The van der Waals surface area contributed by atoms with Crippen molar-refractivity contribution in [2.45, 2.75) is 6.92 Å². The van der Waals surface area contributed by atoms with Crippen molar-refractivity contribution in [3.63, 3.8) is 0 Å². The molecule has 1 aromatic carbocycles. The first-order valence-corrected chi connectivity index (χ1v) is 4.52. The molecule has 0 spiro atoms. The number of carbonyl (C=O) groups is 1. The number of aromatic nitrogens is 2. The lowest BCUT2D eigenvalue weighted by atomic mass is 10.1. The number of aromatic carboxylic acids is 1. The average molecular weight is 240 g/mol. The fourth-order valence-electron chi connectivity index (χ4n) is 1.24. The molecule has 7 heteroatoms. The van der Waals surface area contributed by atoms with E-state index in [0.717, 1.165) is 0 Å². The maximum atomic E-state index is 13.4. The van der Waals surface area contributed by atoms with Crippen LogP contribution in [0.3, 0.4) is 0 Å². The lowest BCUT2D eigenvalue weighted by molar-refractivity contribution is 0.0654. The Morgan fingerprint density at radius 3 is 2.59 bits per heavy atom. The van der Waals surface area contributed by atoms with E-state index in [1.165, 1.54) is 13.0 Å². The number of rotatable bonds is 2. The number of halogens is 2. The van der Waals surface area contributed by atoms with Crippen LogP contribution in [0.1, 0.15) is 16.2 Å². The van der Waals surface area contributed by atoms with Gasteiger partial charge >= 0.3 is 11.9 Å². The molecule has 5 nitrogen and oxygen atoms in total. The van der Waals surface area contributed by atoms with Crippen molar-refractivity contribution in [3.8, 4) is 11.5 Å². The highest BCUT2D eigenvalue weighted by Crippen LogP contribution is 2.24. The molecule has 88 valence electrons. The van der Waals surface area contributed by atoms with Crippen LogP contribution < -0.4 is 0 Å². The second-order valence-electron chi connectivity index (χ2n) is 3.30. The number of nitrogens with zero attached hydrogens (tertiary/aromatic N) is 2. The smallest absolute Gasteiger partial charge is 0.393 e. The van der Waals surface area contributed by atoms with E-state index in [0.29, 0.717) is 6.07 Å². The molecule has 0 aliphatic carbocycles.